The van der Waals surface area contributed by atoms with Crippen LogP contribution in [0, 0.1) is 0 Å². The van der Waals surface area contributed by atoms with Gasteiger partial charge in [-0.25, -0.2) is 5.43 Å². The molecule has 5 heteroatoms. The number of carbonyl (C=O) groups excluding carboxylic acids is 1. The molecule has 3 rings (SSSR count). The van der Waals surface area contributed by atoms with Crippen LogP contribution in [0.2, 0.25) is 5.02 Å². The van der Waals surface area contributed by atoms with Gasteiger partial charge in [0.1, 0.15) is 0 Å². The summed E-state index contributed by atoms with van der Waals surface area (Å²) in [5.41, 5.74) is 5.77. The van der Waals surface area contributed by atoms with Crippen LogP contribution in [0.5, 0.6) is 0 Å². The van der Waals surface area contributed by atoms with Gasteiger partial charge >= 0.3 is 0 Å². The lowest BCUT2D eigenvalue weighted by atomic mass is 10.00. The second kappa shape index (κ2) is 13.6. The van der Waals surface area contributed by atoms with Gasteiger partial charge in [-0.2, -0.15) is 5.10 Å². The maximum Gasteiger partial charge on any atom is 0.271 e. The molecule has 0 radical (unpaired) electrons. The van der Waals surface area contributed by atoms with E-state index < -0.39 is 0 Å². The van der Waals surface area contributed by atoms with Crippen molar-refractivity contribution >= 4 is 35.0 Å². The Morgan fingerprint density at radius 2 is 1.35 bits per heavy atom. The lowest BCUT2D eigenvalue weighted by molar-refractivity contribution is 0.0954. The molecule has 1 saturated carbocycles. The highest BCUT2D eigenvalue weighted by atomic mass is 35.5. The van der Waals surface area contributed by atoms with Crippen LogP contribution in [0.25, 0.3) is 0 Å². The van der Waals surface area contributed by atoms with Gasteiger partial charge in [-0.1, -0.05) is 68.7 Å². The van der Waals surface area contributed by atoms with E-state index in [0.717, 1.165) is 29.3 Å². The standard InChI is InChI=1S/C26H33ClN2OS/c27-23-16-18-25(19-17-23)31-20-21-12-14-22(15-13-21)26(30)29-28-24-10-8-6-4-2-1-3-5-7-9-11-24/h12-19H,1-11,20H2,(H,29,30). The third-order valence-electron chi connectivity index (χ3n) is 5.68. The summed E-state index contributed by atoms with van der Waals surface area (Å²) in [7, 11) is 0. The van der Waals surface area contributed by atoms with Crippen LogP contribution >= 0.6 is 23.4 Å². The van der Waals surface area contributed by atoms with Crippen molar-refractivity contribution in [3.8, 4) is 0 Å². The molecule has 0 saturated heterocycles. The number of hydrogen-bond donors (Lipinski definition) is 1. The number of thioether (sulfide) groups is 1. The summed E-state index contributed by atoms with van der Waals surface area (Å²) in [6.07, 6.45) is 13.6. The molecule has 0 aliphatic heterocycles. The highest BCUT2D eigenvalue weighted by Gasteiger charge is 2.07. The largest absolute Gasteiger partial charge is 0.271 e. The Kier molecular flexibility index (Phi) is 10.5. The first-order valence-electron chi connectivity index (χ1n) is 11.5. The van der Waals surface area contributed by atoms with Crippen molar-refractivity contribution in [3.05, 3.63) is 64.7 Å². The van der Waals surface area contributed by atoms with E-state index in [2.05, 4.69) is 10.5 Å². The molecule has 0 bridgehead atoms. The molecule has 0 atom stereocenters. The van der Waals surface area contributed by atoms with E-state index in [0.29, 0.717) is 5.56 Å². The summed E-state index contributed by atoms with van der Waals surface area (Å²) >= 11 is 7.69. The number of rotatable bonds is 5. The molecule has 2 aromatic carbocycles. The molecule has 0 spiro atoms. The number of nitrogens with one attached hydrogen (secondary N) is 1. The van der Waals surface area contributed by atoms with E-state index in [1.807, 2.05) is 48.5 Å². The second-order valence-corrected chi connectivity index (χ2v) is 9.73. The van der Waals surface area contributed by atoms with E-state index in [4.69, 9.17) is 11.6 Å². The average Bonchev–Trinajstić information content (AvgIpc) is 2.78. The van der Waals surface area contributed by atoms with E-state index in [1.54, 1.807) is 11.8 Å². The second-order valence-electron chi connectivity index (χ2n) is 8.24. The molecule has 0 heterocycles. The molecule has 1 fully saturated rings. The summed E-state index contributed by atoms with van der Waals surface area (Å²) < 4.78 is 0. The number of hydrogen-bond acceptors (Lipinski definition) is 3. The number of amides is 1. The molecule has 0 unspecified atom stereocenters. The molecular formula is C26H33ClN2OS. The van der Waals surface area contributed by atoms with Gasteiger partial charge in [0, 0.05) is 26.9 Å². The van der Waals surface area contributed by atoms with Gasteiger partial charge in [-0.15, -0.1) is 11.8 Å². The Labute approximate surface area is 196 Å². The van der Waals surface area contributed by atoms with Crippen molar-refractivity contribution in [1.29, 1.82) is 0 Å². The Morgan fingerprint density at radius 1 is 0.806 bits per heavy atom. The monoisotopic (exact) mass is 456 g/mol. The number of benzene rings is 2. The number of hydrazone groups is 1. The Hall–Kier alpha value is -1.78. The van der Waals surface area contributed by atoms with Crippen molar-refractivity contribution in [2.75, 3.05) is 0 Å². The fraction of sp³-hybridized carbons (Fsp3) is 0.462. The van der Waals surface area contributed by atoms with Crippen LogP contribution in [-0.4, -0.2) is 11.6 Å². The molecule has 1 amide bonds. The maximum atomic E-state index is 12.6. The predicted molar refractivity (Wildman–Crippen MR) is 133 cm³/mol. The maximum absolute atomic E-state index is 12.6. The molecule has 1 N–H and O–H groups in total. The fourth-order valence-corrected chi connectivity index (χ4v) is 4.76. The topological polar surface area (TPSA) is 41.5 Å². The zero-order valence-corrected chi connectivity index (χ0v) is 19.8. The van der Waals surface area contributed by atoms with Crippen molar-refractivity contribution in [1.82, 2.24) is 5.43 Å². The number of nitrogens with zero attached hydrogens (tertiary/aromatic N) is 1. The summed E-state index contributed by atoms with van der Waals surface area (Å²) in [5.74, 6) is 0.724. The first-order chi connectivity index (χ1) is 15.2. The van der Waals surface area contributed by atoms with Crippen LogP contribution in [-0.2, 0) is 5.75 Å². The number of halogens is 1. The summed E-state index contributed by atoms with van der Waals surface area (Å²) in [6, 6.07) is 15.7. The van der Waals surface area contributed by atoms with E-state index in [9.17, 15) is 4.79 Å². The van der Waals surface area contributed by atoms with Crippen LogP contribution in [0.15, 0.2) is 58.5 Å². The minimum Gasteiger partial charge on any atom is -0.267 e. The Bertz CT molecular complexity index is 819. The van der Waals surface area contributed by atoms with E-state index in [-0.39, 0.29) is 5.91 Å². The van der Waals surface area contributed by atoms with E-state index in [1.165, 1.54) is 68.2 Å². The zero-order chi connectivity index (χ0) is 21.7. The van der Waals surface area contributed by atoms with Crippen molar-refractivity contribution in [2.24, 2.45) is 5.10 Å². The van der Waals surface area contributed by atoms with Crippen molar-refractivity contribution < 1.29 is 4.79 Å². The minimum atomic E-state index is -0.129. The smallest absolute Gasteiger partial charge is 0.267 e. The van der Waals surface area contributed by atoms with Gasteiger partial charge in [-0.3, -0.25) is 4.79 Å². The molecule has 31 heavy (non-hydrogen) atoms. The molecule has 2 aromatic rings. The van der Waals surface area contributed by atoms with Gasteiger partial charge in [-0.05, 0) is 67.6 Å². The van der Waals surface area contributed by atoms with Crippen LogP contribution < -0.4 is 5.43 Å². The Balaban J connectivity index is 1.49. The highest BCUT2D eigenvalue weighted by molar-refractivity contribution is 7.98. The van der Waals surface area contributed by atoms with Crippen molar-refractivity contribution in [2.45, 2.75) is 81.3 Å². The van der Waals surface area contributed by atoms with Gasteiger partial charge in [0.05, 0.1) is 0 Å². The summed E-state index contributed by atoms with van der Waals surface area (Å²) in [6.45, 7) is 0. The van der Waals surface area contributed by atoms with Gasteiger partial charge in [0.2, 0.25) is 0 Å². The fourth-order valence-electron chi connectivity index (χ4n) is 3.78. The first-order valence-corrected chi connectivity index (χ1v) is 12.9. The molecule has 166 valence electrons. The molecule has 1 aliphatic rings. The molecular weight excluding hydrogens is 424 g/mol. The van der Waals surface area contributed by atoms with Crippen LogP contribution in [0.3, 0.4) is 0 Å². The summed E-state index contributed by atoms with van der Waals surface area (Å²) in [4.78, 5) is 13.7. The molecule has 1 aliphatic carbocycles. The highest BCUT2D eigenvalue weighted by Crippen LogP contribution is 2.24. The zero-order valence-electron chi connectivity index (χ0n) is 18.2. The van der Waals surface area contributed by atoms with Crippen molar-refractivity contribution in [3.63, 3.8) is 0 Å². The normalized spacial score (nSPS) is 16.1. The van der Waals surface area contributed by atoms with Gasteiger partial charge in [0.25, 0.3) is 5.91 Å². The quantitative estimate of drug-likeness (QED) is 0.365. The van der Waals surface area contributed by atoms with Gasteiger partial charge in [0.15, 0.2) is 0 Å². The predicted octanol–water partition coefficient (Wildman–Crippen LogP) is 8.02. The third kappa shape index (κ3) is 9.08. The van der Waals surface area contributed by atoms with E-state index >= 15 is 0 Å². The SMILES string of the molecule is O=C(NN=C1CCCCCCCCCCC1)c1ccc(CSc2ccc(Cl)cc2)cc1. The third-order valence-corrected chi connectivity index (χ3v) is 7.02. The first kappa shape index (κ1) is 23.9. The lowest BCUT2D eigenvalue weighted by Gasteiger charge is -2.10. The number of carbonyl (C=O) groups is 1. The van der Waals surface area contributed by atoms with Gasteiger partial charge < -0.3 is 0 Å². The molecule has 0 aromatic heterocycles. The summed E-state index contributed by atoms with van der Waals surface area (Å²) in [5, 5.41) is 5.24. The average molecular weight is 457 g/mol. The molecule has 3 nitrogen and oxygen atoms in total. The minimum absolute atomic E-state index is 0.129. The van der Waals surface area contributed by atoms with Crippen LogP contribution in [0.1, 0.15) is 86.6 Å². The van der Waals surface area contributed by atoms with Crippen LogP contribution in [0.4, 0.5) is 0 Å². The Morgan fingerprint density at radius 3 is 1.94 bits per heavy atom. The lowest BCUT2D eigenvalue weighted by Crippen LogP contribution is -2.20.